The molecule has 0 aliphatic rings. The van der Waals surface area contributed by atoms with Crippen LogP contribution >= 0.6 is 33.2 Å². The lowest BCUT2D eigenvalue weighted by molar-refractivity contribution is 0.564. The van der Waals surface area contributed by atoms with E-state index in [-0.39, 0.29) is 5.04 Å². The smallest absolute Gasteiger partial charge is 0.125 e. The summed E-state index contributed by atoms with van der Waals surface area (Å²) >= 11 is 17.8. The predicted octanol–water partition coefficient (Wildman–Crippen LogP) is 4.61. The summed E-state index contributed by atoms with van der Waals surface area (Å²) in [5.74, 6) is 0. The lowest BCUT2D eigenvalue weighted by Gasteiger charge is -2.29. The molecule has 0 heterocycles. The highest BCUT2D eigenvalue weighted by atomic mass is 35.8. The molecule has 0 spiro atoms. The average molecular weight is 234 g/mol. The van der Waals surface area contributed by atoms with E-state index in [0.29, 0.717) is 0 Å². The van der Waals surface area contributed by atoms with Gasteiger partial charge in [-0.25, -0.2) is 0 Å². The molecule has 0 amide bonds. The molecule has 0 unspecified atom stereocenters. The van der Waals surface area contributed by atoms with E-state index in [0.717, 1.165) is 12.8 Å². The Balaban J connectivity index is 4.00. The van der Waals surface area contributed by atoms with Gasteiger partial charge in [0.15, 0.2) is 0 Å². The second kappa shape index (κ2) is 4.36. The Morgan fingerprint density at radius 1 is 1.18 bits per heavy atom. The fourth-order valence-electron chi connectivity index (χ4n) is 0.760. The molecular weight excluding hydrogens is 219 g/mol. The summed E-state index contributed by atoms with van der Waals surface area (Å²) in [7, 11) is 0. The average Bonchev–Trinajstić information content (AvgIpc) is 1.81. The normalized spacial score (nSPS) is 13.6. The van der Waals surface area contributed by atoms with Gasteiger partial charge >= 0.3 is 6.00 Å². The Labute approximate surface area is 84.3 Å². The van der Waals surface area contributed by atoms with E-state index in [1.165, 1.54) is 6.42 Å². The lowest BCUT2D eigenvalue weighted by Crippen LogP contribution is -2.27. The molecule has 0 fully saturated rings. The molecule has 0 aromatic heterocycles. The fourth-order valence-corrected chi connectivity index (χ4v) is 2.07. The third-order valence-electron chi connectivity index (χ3n) is 1.92. The van der Waals surface area contributed by atoms with Crippen molar-refractivity contribution in [2.24, 2.45) is 0 Å². The highest BCUT2D eigenvalue weighted by molar-refractivity contribution is 7.65. The van der Waals surface area contributed by atoms with Gasteiger partial charge in [0.2, 0.25) is 0 Å². The van der Waals surface area contributed by atoms with Gasteiger partial charge in [-0.1, -0.05) is 33.6 Å². The van der Waals surface area contributed by atoms with E-state index in [2.05, 4.69) is 6.92 Å². The predicted molar refractivity (Wildman–Crippen MR) is 56.9 cm³/mol. The first-order valence-electron chi connectivity index (χ1n) is 3.88. The van der Waals surface area contributed by atoms with Crippen molar-refractivity contribution in [1.29, 1.82) is 0 Å². The van der Waals surface area contributed by atoms with Gasteiger partial charge in [-0.2, -0.15) is 0 Å². The number of halogens is 3. The minimum Gasteiger partial charge on any atom is -0.125 e. The van der Waals surface area contributed by atoms with Gasteiger partial charge in [0.25, 0.3) is 0 Å². The zero-order chi connectivity index (χ0) is 9.12. The van der Waals surface area contributed by atoms with Crippen LogP contribution in [0.4, 0.5) is 0 Å². The molecule has 0 radical (unpaired) electrons. The molecule has 0 aromatic carbocycles. The van der Waals surface area contributed by atoms with Gasteiger partial charge < -0.3 is 0 Å². The monoisotopic (exact) mass is 232 g/mol. The summed E-state index contributed by atoms with van der Waals surface area (Å²) < 4.78 is 0. The topological polar surface area (TPSA) is 0 Å². The van der Waals surface area contributed by atoms with E-state index in [1.54, 1.807) is 0 Å². The summed E-state index contributed by atoms with van der Waals surface area (Å²) in [4.78, 5) is 0. The Kier molecular flexibility index (Phi) is 4.79. The van der Waals surface area contributed by atoms with Crippen molar-refractivity contribution >= 4 is 39.2 Å². The first-order chi connectivity index (χ1) is 4.81. The van der Waals surface area contributed by atoms with Crippen LogP contribution in [0, 0.1) is 0 Å². The van der Waals surface area contributed by atoms with Gasteiger partial charge in [0.1, 0.15) is 0 Å². The van der Waals surface area contributed by atoms with Crippen LogP contribution in [0.25, 0.3) is 0 Å². The van der Waals surface area contributed by atoms with Crippen LogP contribution in [-0.2, 0) is 0 Å². The maximum atomic E-state index is 5.93. The van der Waals surface area contributed by atoms with Crippen molar-refractivity contribution in [3.63, 3.8) is 0 Å². The third kappa shape index (κ3) is 4.02. The number of unbranched alkanes of at least 4 members (excludes halogenated alkanes) is 1. The zero-order valence-corrected chi connectivity index (χ0v) is 10.5. The van der Waals surface area contributed by atoms with Crippen molar-refractivity contribution < 1.29 is 0 Å². The number of rotatable bonds is 4. The molecular formula is C7H15Cl3Si. The quantitative estimate of drug-likeness (QED) is 0.491. The van der Waals surface area contributed by atoms with Crippen LogP contribution in [0.2, 0.25) is 5.04 Å². The van der Waals surface area contributed by atoms with Crippen LogP contribution in [0.1, 0.15) is 40.0 Å². The van der Waals surface area contributed by atoms with Gasteiger partial charge in [0.05, 0.1) is 0 Å². The molecule has 0 saturated carbocycles. The van der Waals surface area contributed by atoms with Crippen LogP contribution in [0.5, 0.6) is 0 Å². The van der Waals surface area contributed by atoms with E-state index in [1.807, 2.05) is 13.8 Å². The highest BCUT2D eigenvalue weighted by Crippen LogP contribution is 2.48. The molecule has 68 valence electrons. The Hall–Kier alpha value is 1.09. The largest absolute Gasteiger partial charge is 0.346 e. The summed E-state index contributed by atoms with van der Waals surface area (Å²) in [5.41, 5.74) is 0. The van der Waals surface area contributed by atoms with E-state index in [9.17, 15) is 0 Å². The van der Waals surface area contributed by atoms with Crippen LogP contribution in [0.3, 0.4) is 0 Å². The van der Waals surface area contributed by atoms with E-state index < -0.39 is 6.00 Å². The molecule has 0 bridgehead atoms. The zero-order valence-electron chi connectivity index (χ0n) is 7.26. The molecule has 0 aliphatic heterocycles. The molecule has 0 nitrogen and oxygen atoms in total. The van der Waals surface area contributed by atoms with Crippen LogP contribution in [0.15, 0.2) is 0 Å². The van der Waals surface area contributed by atoms with Crippen molar-refractivity contribution in [2.75, 3.05) is 0 Å². The Morgan fingerprint density at radius 3 is 1.91 bits per heavy atom. The first-order valence-corrected chi connectivity index (χ1v) is 8.91. The second-order valence-corrected chi connectivity index (χ2v) is 12.7. The Bertz CT molecular complexity index is 117. The van der Waals surface area contributed by atoms with E-state index in [4.69, 9.17) is 33.2 Å². The van der Waals surface area contributed by atoms with Crippen molar-refractivity contribution in [1.82, 2.24) is 0 Å². The molecule has 0 rings (SSSR count). The van der Waals surface area contributed by atoms with Gasteiger partial charge in [-0.15, -0.1) is 33.2 Å². The Morgan fingerprint density at radius 2 is 1.64 bits per heavy atom. The highest BCUT2D eigenvalue weighted by Gasteiger charge is 2.43. The van der Waals surface area contributed by atoms with Crippen LogP contribution < -0.4 is 0 Å². The van der Waals surface area contributed by atoms with Crippen LogP contribution in [-0.4, -0.2) is 6.00 Å². The third-order valence-corrected chi connectivity index (χ3v) is 8.31. The molecule has 0 aromatic rings. The minimum absolute atomic E-state index is 0.0757. The standard InChI is InChI=1S/C7H15Cl3Si/c1-4-5-6-7(2,3)11(8,9)10/h4-6H2,1-3H3. The number of hydrogen-bond donors (Lipinski definition) is 0. The minimum atomic E-state index is -2.51. The SMILES string of the molecule is CCCCC(C)(C)[Si](Cl)(Cl)Cl. The number of hydrogen-bond acceptors (Lipinski definition) is 0. The molecule has 11 heavy (non-hydrogen) atoms. The fraction of sp³-hybridized carbons (Fsp3) is 1.00. The summed E-state index contributed by atoms with van der Waals surface area (Å²) in [6.07, 6.45) is 3.33. The first kappa shape index (κ1) is 12.1. The van der Waals surface area contributed by atoms with Gasteiger partial charge in [0, 0.05) is 5.04 Å². The van der Waals surface area contributed by atoms with E-state index >= 15 is 0 Å². The maximum Gasteiger partial charge on any atom is 0.346 e. The summed E-state index contributed by atoms with van der Waals surface area (Å²) in [6.45, 7) is 6.24. The molecule has 0 saturated heterocycles. The van der Waals surface area contributed by atoms with Crippen molar-refractivity contribution in [3.8, 4) is 0 Å². The second-order valence-electron chi connectivity index (χ2n) is 3.49. The summed E-state index contributed by atoms with van der Waals surface area (Å²) in [6, 6.07) is -2.51. The summed E-state index contributed by atoms with van der Waals surface area (Å²) in [5, 5.41) is -0.0757. The molecule has 0 aliphatic carbocycles. The van der Waals surface area contributed by atoms with Crippen molar-refractivity contribution in [3.05, 3.63) is 0 Å². The molecule has 4 heteroatoms. The maximum absolute atomic E-state index is 5.93. The van der Waals surface area contributed by atoms with Gasteiger partial charge in [-0.05, 0) is 6.42 Å². The van der Waals surface area contributed by atoms with Crippen molar-refractivity contribution in [2.45, 2.75) is 45.1 Å². The van der Waals surface area contributed by atoms with Gasteiger partial charge in [-0.3, -0.25) is 0 Å². The lowest BCUT2D eigenvalue weighted by atomic mass is 10.1. The molecule has 0 N–H and O–H groups in total. The molecule has 0 atom stereocenters.